The number of hydrogen-bond acceptors (Lipinski definition) is 4. The SMILES string of the molecule is CCNS(=O)(=O)c1cccc(S(N)(=O)=O)c1. The van der Waals surface area contributed by atoms with E-state index in [2.05, 4.69) is 4.72 Å². The van der Waals surface area contributed by atoms with Crippen molar-refractivity contribution in [2.45, 2.75) is 16.7 Å². The fourth-order valence-electron chi connectivity index (χ4n) is 1.09. The molecule has 16 heavy (non-hydrogen) atoms. The molecule has 0 radical (unpaired) electrons. The van der Waals surface area contributed by atoms with Gasteiger partial charge >= 0.3 is 0 Å². The summed E-state index contributed by atoms with van der Waals surface area (Å²) in [6.07, 6.45) is 0. The molecule has 0 aromatic heterocycles. The van der Waals surface area contributed by atoms with E-state index in [9.17, 15) is 16.8 Å². The molecule has 0 aliphatic rings. The van der Waals surface area contributed by atoms with Gasteiger partial charge in [0, 0.05) is 6.54 Å². The Morgan fingerprint density at radius 1 is 1.19 bits per heavy atom. The Morgan fingerprint density at radius 2 is 1.75 bits per heavy atom. The Morgan fingerprint density at radius 3 is 2.25 bits per heavy atom. The van der Waals surface area contributed by atoms with Crippen LogP contribution < -0.4 is 9.86 Å². The van der Waals surface area contributed by atoms with Crippen molar-refractivity contribution in [2.24, 2.45) is 5.14 Å². The number of hydrogen-bond donors (Lipinski definition) is 2. The maximum atomic E-state index is 11.6. The highest BCUT2D eigenvalue weighted by atomic mass is 32.2. The van der Waals surface area contributed by atoms with E-state index < -0.39 is 20.0 Å². The average molecular weight is 264 g/mol. The molecule has 6 nitrogen and oxygen atoms in total. The molecule has 0 fully saturated rings. The molecule has 8 heteroatoms. The zero-order chi connectivity index (χ0) is 12.4. The van der Waals surface area contributed by atoms with Crippen LogP contribution in [-0.4, -0.2) is 23.4 Å². The highest BCUT2D eigenvalue weighted by Gasteiger charge is 2.15. The first-order chi connectivity index (χ1) is 7.27. The Balaban J connectivity index is 3.29. The Hall–Kier alpha value is -0.960. The second-order valence-corrected chi connectivity index (χ2v) is 6.35. The molecule has 0 heterocycles. The molecule has 0 aliphatic carbocycles. The van der Waals surface area contributed by atoms with Crippen LogP contribution in [-0.2, 0) is 20.0 Å². The van der Waals surface area contributed by atoms with Crippen molar-refractivity contribution in [3.8, 4) is 0 Å². The predicted octanol–water partition coefficient (Wildman–Crippen LogP) is -0.368. The van der Waals surface area contributed by atoms with Crippen LogP contribution in [0.4, 0.5) is 0 Å². The minimum Gasteiger partial charge on any atom is -0.225 e. The van der Waals surface area contributed by atoms with E-state index in [0.29, 0.717) is 0 Å². The van der Waals surface area contributed by atoms with Crippen molar-refractivity contribution >= 4 is 20.0 Å². The third-order valence-electron chi connectivity index (χ3n) is 1.78. The fourth-order valence-corrected chi connectivity index (χ4v) is 2.81. The summed E-state index contributed by atoms with van der Waals surface area (Å²) >= 11 is 0. The van der Waals surface area contributed by atoms with Gasteiger partial charge in [-0.15, -0.1) is 0 Å². The number of benzene rings is 1. The summed E-state index contributed by atoms with van der Waals surface area (Å²) in [4.78, 5) is -0.354. The highest BCUT2D eigenvalue weighted by Crippen LogP contribution is 2.14. The Kier molecular flexibility index (Phi) is 3.68. The quantitative estimate of drug-likeness (QED) is 0.773. The van der Waals surface area contributed by atoms with E-state index in [4.69, 9.17) is 5.14 Å². The molecule has 0 saturated heterocycles. The number of rotatable bonds is 4. The molecule has 3 N–H and O–H groups in total. The van der Waals surface area contributed by atoms with Crippen LogP contribution in [0, 0.1) is 0 Å². The molecular formula is C8H12N2O4S2. The normalized spacial score (nSPS) is 12.6. The number of primary sulfonamides is 1. The van der Waals surface area contributed by atoms with E-state index in [1.165, 1.54) is 18.2 Å². The van der Waals surface area contributed by atoms with Gasteiger partial charge in [-0.1, -0.05) is 13.0 Å². The Bertz CT molecular complexity index is 578. The molecule has 1 rings (SSSR count). The maximum Gasteiger partial charge on any atom is 0.240 e. The fraction of sp³-hybridized carbons (Fsp3) is 0.250. The average Bonchev–Trinajstić information content (AvgIpc) is 2.16. The molecule has 0 amide bonds. The van der Waals surface area contributed by atoms with Gasteiger partial charge in [0.1, 0.15) is 0 Å². The smallest absolute Gasteiger partial charge is 0.225 e. The van der Waals surface area contributed by atoms with Crippen LogP contribution in [0.1, 0.15) is 6.92 Å². The van der Waals surface area contributed by atoms with Gasteiger partial charge in [0.15, 0.2) is 0 Å². The lowest BCUT2D eigenvalue weighted by atomic mass is 10.4. The molecule has 0 spiro atoms. The first-order valence-corrected chi connectivity index (χ1v) is 7.43. The topological polar surface area (TPSA) is 106 Å². The minimum absolute atomic E-state index is 0.124. The van der Waals surface area contributed by atoms with Gasteiger partial charge in [0.25, 0.3) is 0 Å². The van der Waals surface area contributed by atoms with Crippen molar-refractivity contribution in [2.75, 3.05) is 6.54 Å². The molecule has 1 aromatic carbocycles. The second kappa shape index (κ2) is 4.50. The molecule has 0 aliphatic heterocycles. The largest absolute Gasteiger partial charge is 0.240 e. The molecular weight excluding hydrogens is 252 g/mol. The number of nitrogens with two attached hydrogens (primary N) is 1. The summed E-state index contributed by atoms with van der Waals surface area (Å²) in [5.41, 5.74) is 0. The molecule has 0 atom stereocenters. The van der Waals surface area contributed by atoms with E-state index >= 15 is 0 Å². The van der Waals surface area contributed by atoms with Crippen molar-refractivity contribution in [1.29, 1.82) is 0 Å². The highest BCUT2D eigenvalue weighted by molar-refractivity contribution is 7.90. The second-order valence-electron chi connectivity index (χ2n) is 3.02. The third-order valence-corrected chi connectivity index (χ3v) is 4.23. The summed E-state index contributed by atoms with van der Waals surface area (Å²) in [7, 11) is -7.56. The van der Waals surface area contributed by atoms with Crippen molar-refractivity contribution in [3.05, 3.63) is 24.3 Å². The van der Waals surface area contributed by atoms with Gasteiger partial charge in [-0.05, 0) is 18.2 Å². The van der Waals surface area contributed by atoms with Gasteiger partial charge in [-0.25, -0.2) is 26.7 Å². The molecule has 0 unspecified atom stereocenters. The third kappa shape index (κ3) is 3.01. The van der Waals surface area contributed by atoms with E-state index in [1.807, 2.05) is 0 Å². The van der Waals surface area contributed by atoms with Crippen LogP contribution in [0.2, 0.25) is 0 Å². The van der Waals surface area contributed by atoms with Crippen LogP contribution in [0.25, 0.3) is 0 Å². The molecule has 1 aromatic rings. The van der Waals surface area contributed by atoms with Gasteiger partial charge < -0.3 is 0 Å². The lowest BCUT2D eigenvalue weighted by Crippen LogP contribution is -2.23. The Labute approximate surface area is 94.6 Å². The van der Waals surface area contributed by atoms with Crippen LogP contribution in [0.5, 0.6) is 0 Å². The van der Waals surface area contributed by atoms with Gasteiger partial charge in [0.2, 0.25) is 20.0 Å². The van der Waals surface area contributed by atoms with Crippen molar-refractivity contribution in [1.82, 2.24) is 4.72 Å². The predicted molar refractivity (Wildman–Crippen MR) is 58.7 cm³/mol. The van der Waals surface area contributed by atoms with Crippen molar-refractivity contribution in [3.63, 3.8) is 0 Å². The number of sulfonamides is 2. The minimum atomic E-state index is -3.89. The van der Waals surface area contributed by atoms with Gasteiger partial charge in [-0.2, -0.15) is 0 Å². The van der Waals surface area contributed by atoms with E-state index in [-0.39, 0.29) is 16.3 Å². The summed E-state index contributed by atoms with van der Waals surface area (Å²) in [5, 5.41) is 4.90. The molecule has 90 valence electrons. The number of nitrogens with one attached hydrogen (secondary N) is 1. The first kappa shape index (κ1) is 13.1. The summed E-state index contributed by atoms with van der Waals surface area (Å²) < 4.78 is 47.4. The molecule has 0 saturated carbocycles. The zero-order valence-electron chi connectivity index (χ0n) is 8.54. The zero-order valence-corrected chi connectivity index (χ0v) is 10.2. The van der Waals surface area contributed by atoms with Gasteiger partial charge in [-0.3, -0.25) is 0 Å². The summed E-state index contributed by atoms with van der Waals surface area (Å²) in [5.74, 6) is 0. The maximum absolute atomic E-state index is 11.6. The van der Waals surface area contributed by atoms with Crippen LogP contribution in [0.15, 0.2) is 34.1 Å². The summed E-state index contributed by atoms with van der Waals surface area (Å²) in [6, 6.07) is 4.88. The standard InChI is InChI=1S/C8H12N2O4S2/c1-2-10-16(13,14)8-5-3-4-7(6-8)15(9,11)12/h3-6,10H,2H2,1H3,(H2,9,11,12). The lowest BCUT2D eigenvalue weighted by molar-refractivity contribution is 0.583. The van der Waals surface area contributed by atoms with Crippen LogP contribution >= 0.6 is 0 Å². The monoisotopic (exact) mass is 264 g/mol. The van der Waals surface area contributed by atoms with Crippen molar-refractivity contribution < 1.29 is 16.8 Å². The molecule has 0 bridgehead atoms. The van der Waals surface area contributed by atoms with E-state index in [0.717, 1.165) is 6.07 Å². The van der Waals surface area contributed by atoms with E-state index in [1.54, 1.807) is 6.92 Å². The lowest BCUT2D eigenvalue weighted by Gasteiger charge is -2.05. The first-order valence-electron chi connectivity index (χ1n) is 4.40. The summed E-state index contributed by atoms with van der Waals surface area (Å²) in [6.45, 7) is 1.85. The van der Waals surface area contributed by atoms with Gasteiger partial charge in [0.05, 0.1) is 9.79 Å². The van der Waals surface area contributed by atoms with Crippen LogP contribution in [0.3, 0.4) is 0 Å².